The zero-order valence-corrected chi connectivity index (χ0v) is 73.1. The van der Waals surface area contributed by atoms with Gasteiger partial charge >= 0.3 is 0 Å². The van der Waals surface area contributed by atoms with Crippen LogP contribution in [0.3, 0.4) is 0 Å². The highest BCUT2D eigenvalue weighted by Crippen LogP contribution is 2.32. The molecule has 3 aliphatic carbocycles. The minimum atomic E-state index is -0.860. The second-order valence-corrected chi connectivity index (χ2v) is 36.9. The maximum absolute atomic E-state index is 14.6. The monoisotopic (exact) mass is 1740 g/mol. The lowest BCUT2D eigenvalue weighted by Crippen LogP contribution is -2.54. The van der Waals surface area contributed by atoms with Crippen molar-refractivity contribution in [3.05, 3.63) is 114 Å². The van der Waals surface area contributed by atoms with Crippen LogP contribution in [0.25, 0.3) is 10.8 Å². The number of hydrogen-bond acceptors (Lipinski definition) is 20. The standard InChI is InChI=1S/C92H131N19O15/c1-50(2)31-57(38-99-86(120)63-21-12-26-73(63)105-81(115)36-60(34-56-19-11-18-55-17-9-10-20-62(55)56)103-88(122)65-23-14-24-71(65)101-52(5)112)84(118)108-76-46-96-42-68(76)91(125)110-78-48-95-41-67(78)89(123)102-59(33-53-15-7-6-8-16-53)35-80(114)104-72-25-13-22-64(72)87(121)100-39-58(32-54-27-29-61(113)30-28-54)85(119)109-77-47-97-43-69(77)92(126)111-79-49-98-44-70(79)90(124)107-74(51(3)4)37-82(116)106-75-45-94-40-66(75)83(93)117/h6-11,15-20,27-30,50-51,57-60,63-79,94-98,113H,12-14,21-26,31-49H2,1-5H3,(H2,93,117)(H,99,120)(H,100,121)(H,101,112)(H,102,123)(H,103,122)(H,104,114)(H,105,115)(H,106,116)(H,107,124)(H,108,118)(H,109,119)(H,110,125)(H,111,126)/t57-,58+,59-,60-,63?,64?,65?,66?,67?,68?,69?,70?,71?,72?,73?,74+,75?,76?,77?,78?,79?/m0/s1. The molecule has 126 heavy (non-hydrogen) atoms. The van der Waals surface area contributed by atoms with Gasteiger partial charge in [0.05, 0.1) is 89.4 Å². The number of carbonyl (C=O) groups excluding carboxylic acids is 14. The van der Waals surface area contributed by atoms with Crippen LogP contribution >= 0.6 is 0 Å². The van der Waals surface area contributed by atoms with Crippen molar-refractivity contribution < 1.29 is 72.2 Å². The highest BCUT2D eigenvalue weighted by atomic mass is 16.3. The zero-order valence-electron chi connectivity index (χ0n) is 73.1. The topological polar surface area (TPSA) is 502 Å². The molecule has 8 aliphatic rings. The molecule has 21 N–H and O–H groups in total. The molecule has 16 unspecified atom stereocenters. The Kier molecular flexibility index (Phi) is 33.8. The summed E-state index contributed by atoms with van der Waals surface area (Å²) in [6, 6.07) is 23.4. The number of benzene rings is 4. The molecule has 0 aromatic heterocycles. The van der Waals surface area contributed by atoms with Gasteiger partial charge < -0.3 is 107 Å². The van der Waals surface area contributed by atoms with E-state index in [0.717, 1.165) is 28.3 Å². The molecule has 14 amide bonds. The normalized spacial score (nSPS) is 26.8. The van der Waals surface area contributed by atoms with Gasteiger partial charge in [-0.2, -0.15) is 0 Å². The Hall–Kier alpha value is -10.7. The van der Waals surface area contributed by atoms with E-state index in [0.29, 0.717) is 89.4 Å². The molecule has 5 aliphatic heterocycles. The van der Waals surface area contributed by atoms with Crippen molar-refractivity contribution in [2.45, 2.75) is 204 Å². The summed E-state index contributed by atoms with van der Waals surface area (Å²) in [7, 11) is 0. The number of phenolic OH excluding ortho intramolecular Hbond substituents is 1. The van der Waals surface area contributed by atoms with E-state index in [2.05, 4.69) is 95.7 Å². The average Bonchev–Trinajstić information content (AvgIpc) is 1.39. The first kappa shape index (κ1) is 94.5. The largest absolute Gasteiger partial charge is 0.508 e. The fourth-order valence-corrected chi connectivity index (χ4v) is 19.9. The molecule has 3 saturated carbocycles. The van der Waals surface area contributed by atoms with E-state index in [1.165, 1.54) is 19.1 Å². The molecule has 0 spiro atoms. The summed E-state index contributed by atoms with van der Waals surface area (Å²) in [5, 5.41) is 68.1. The Bertz CT molecular complexity index is 4500. The quantitative estimate of drug-likeness (QED) is 0.0260. The SMILES string of the molecule is CC(=O)NC1CCCC1C(=O)N[C@H](CC(=O)NC1CCCC1C(=O)NC[C@H](CC(C)C)C(=O)NC1CNCC1C(=O)NC1CNCC1C(=O)N[C@H](CC(=O)NC1CCCC1C(=O)NC[C@@H](Cc1ccc(O)cc1)C(=O)NC1CNCC1C(=O)NC1CNCC1C(=O)N[C@H](CC(=O)NC1CNCC1C(N)=O)C(C)C)Cc1ccccc1)Cc1cccc2ccccc12. The van der Waals surface area contributed by atoms with Crippen LogP contribution in [-0.4, -0.2) is 233 Å². The van der Waals surface area contributed by atoms with Crippen molar-refractivity contribution in [3.8, 4) is 5.75 Å². The van der Waals surface area contributed by atoms with Crippen molar-refractivity contribution in [3.63, 3.8) is 0 Å². The minimum absolute atomic E-state index is 0.0137. The first-order valence-corrected chi connectivity index (χ1v) is 45.5. The summed E-state index contributed by atoms with van der Waals surface area (Å²) < 4.78 is 0. The number of rotatable bonds is 40. The number of phenols is 1. The fourth-order valence-electron chi connectivity index (χ4n) is 19.9. The minimum Gasteiger partial charge on any atom is -0.508 e. The highest BCUT2D eigenvalue weighted by Gasteiger charge is 2.46. The van der Waals surface area contributed by atoms with Gasteiger partial charge in [0.2, 0.25) is 82.7 Å². The summed E-state index contributed by atoms with van der Waals surface area (Å²) in [6.07, 6.45) is 6.37. The van der Waals surface area contributed by atoms with Gasteiger partial charge in [0, 0.05) is 141 Å². The van der Waals surface area contributed by atoms with Gasteiger partial charge in [-0.3, -0.25) is 67.1 Å². The number of carbonyl (C=O) groups is 14. The van der Waals surface area contributed by atoms with Gasteiger partial charge in [-0.15, -0.1) is 0 Å². The fraction of sp³-hybridized carbons (Fsp3) is 0.609. The molecule has 12 rings (SSSR count). The van der Waals surface area contributed by atoms with Gasteiger partial charge in [-0.05, 0) is 116 Å². The van der Waals surface area contributed by atoms with Crippen molar-refractivity contribution in [2.75, 3.05) is 78.5 Å². The molecule has 0 bridgehead atoms. The van der Waals surface area contributed by atoms with Crippen LogP contribution in [0.1, 0.15) is 135 Å². The Labute approximate surface area is 736 Å². The molecular formula is C92H131N19O15. The Morgan fingerprint density at radius 2 is 0.794 bits per heavy atom. The van der Waals surface area contributed by atoms with E-state index >= 15 is 0 Å². The number of primary amides is 1. The third-order valence-electron chi connectivity index (χ3n) is 26.8. The number of aromatic hydroxyl groups is 1. The van der Waals surface area contributed by atoms with Crippen LogP contribution in [0.2, 0.25) is 0 Å². The van der Waals surface area contributed by atoms with E-state index in [1.54, 1.807) is 12.1 Å². The van der Waals surface area contributed by atoms with Gasteiger partial charge in [0.25, 0.3) is 0 Å². The van der Waals surface area contributed by atoms with E-state index < -0.39 is 137 Å². The lowest BCUT2D eigenvalue weighted by molar-refractivity contribution is -0.132. The zero-order chi connectivity index (χ0) is 89.7. The highest BCUT2D eigenvalue weighted by molar-refractivity contribution is 5.91. The van der Waals surface area contributed by atoms with Crippen molar-refractivity contribution >= 4 is 93.5 Å². The summed E-state index contributed by atoms with van der Waals surface area (Å²) in [6.45, 7) is 11.9. The second kappa shape index (κ2) is 45.1. The van der Waals surface area contributed by atoms with E-state index in [4.69, 9.17) is 5.73 Å². The first-order chi connectivity index (χ1) is 60.6. The first-order valence-electron chi connectivity index (χ1n) is 45.5. The Balaban J connectivity index is 0.611. The predicted molar refractivity (Wildman–Crippen MR) is 471 cm³/mol. The van der Waals surface area contributed by atoms with Gasteiger partial charge in [0.1, 0.15) is 5.75 Å². The number of amides is 14. The average molecular weight is 1740 g/mol. The van der Waals surface area contributed by atoms with Gasteiger partial charge in [0.15, 0.2) is 0 Å². The number of nitrogens with two attached hydrogens (primary N) is 1. The summed E-state index contributed by atoms with van der Waals surface area (Å²) >= 11 is 0. The molecule has 34 nitrogen and oxygen atoms in total. The molecule has 4 aromatic rings. The van der Waals surface area contributed by atoms with Crippen LogP contribution in [-0.2, 0) is 86.4 Å². The lowest BCUT2D eigenvalue weighted by atomic mass is 9.93. The molecule has 21 atom stereocenters. The molecule has 684 valence electrons. The molecule has 34 heteroatoms. The van der Waals surface area contributed by atoms with Crippen LogP contribution in [0.5, 0.6) is 5.75 Å². The van der Waals surface area contributed by atoms with E-state index in [9.17, 15) is 72.2 Å². The number of hydrogen-bond donors (Lipinski definition) is 20. The van der Waals surface area contributed by atoms with E-state index in [-0.39, 0.29) is 180 Å². The summed E-state index contributed by atoms with van der Waals surface area (Å²) in [4.78, 5) is 195. The Morgan fingerprint density at radius 1 is 0.381 bits per heavy atom. The second-order valence-electron chi connectivity index (χ2n) is 36.9. The van der Waals surface area contributed by atoms with E-state index in [1.807, 2.05) is 100 Å². The summed E-state index contributed by atoms with van der Waals surface area (Å²) in [5.41, 5.74) is 8.08. The molecule has 4 aromatic carbocycles. The Morgan fingerprint density at radius 3 is 1.31 bits per heavy atom. The third kappa shape index (κ3) is 26.0. The molecule has 8 fully saturated rings. The van der Waals surface area contributed by atoms with Gasteiger partial charge in [-0.25, -0.2) is 0 Å². The molecule has 5 heterocycles. The summed E-state index contributed by atoms with van der Waals surface area (Å²) in [5.74, 6) is -11.6. The lowest BCUT2D eigenvalue weighted by Gasteiger charge is -2.28. The van der Waals surface area contributed by atoms with Crippen LogP contribution in [0.4, 0.5) is 0 Å². The molecular weight excluding hydrogens is 1610 g/mol. The molecule has 5 saturated heterocycles. The smallest absolute Gasteiger partial charge is 0.226 e. The van der Waals surface area contributed by atoms with Crippen molar-refractivity contribution in [1.29, 1.82) is 0 Å². The van der Waals surface area contributed by atoms with Crippen molar-refractivity contribution in [2.24, 2.45) is 76.7 Å². The number of nitrogens with one attached hydrogen (secondary N) is 18. The maximum atomic E-state index is 14.6. The van der Waals surface area contributed by atoms with Crippen molar-refractivity contribution in [1.82, 2.24) is 95.7 Å². The molecule has 0 radical (unpaired) electrons. The van der Waals surface area contributed by atoms with Crippen LogP contribution < -0.4 is 101 Å². The van der Waals surface area contributed by atoms with Crippen LogP contribution in [0, 0.1) is 71.0 Å². The maximum Gasteiger partial charge on any atom is 0.226 e. The van der Waals surface area contributed by atoms with Crippen LogP contribution in [0.15, 0.2) is 97.1 Å². The number of fused-ring (bicyclic) bond motifs is 1. The van der Waals surface area contributed by atoms with Gasteiger partial charge in [-0.1, -0.05) is 132 Å². The third-order valence-corrected chi connectivity index (χ3v) is 26.8. The predicted octanol–water partition coefficient (Wildman–Crippen LogP) is -0.754.